The molecule has 0 bridgehead atoms. The molecule has 0 saturated heterocycles. The Bertz CT molecular complexity index is 590. The SMILES string of the molecule is CCCCCCCCCCCCCCCC(=O)NC1CCCC1OC(C[N+](C)(C)C)P(=O)(O)O. The van der Waals surface area contributed by atoms with E-state index in [0.29, 0.717) is 10.9 Å². The van der Waals surface area contributed by atoms with Crippen molar-refractivity contribution < 1.29 is 28.4 Å². The quantitative estimate of drug-likeness (QED) is 0.112. The number of likely N-dealkylation sites (N-methyl/N-ethyl adjacent to an activating group) is 1. The molecule has 0 aromatic heterocycles. The Morgan fingerprint density at radius 2 is 1.41 bits per heavy atom. The Labute approximate surface area is 209 Å². The van der Waals surface area contributed by atoms with Gasteiger partial charge in [0.25, 0.3) is 0 Å². The van der Waals surface area contributed by atoms with Crippen molar-refractivity contribution in [2.24, 2.45) is 0 Å². The summed E-state index contributed by atoms with van der Waals surface area (Å²) in [6.07, 6.45) is 19.2. The third-order valence-corrected chi connectivity index (χ3v) is 7.75. The van der Waals surface area contributed by atoms with E-state index in [2.05, 4.69) is 12.2 Å². The molecule has 202 valence electrons. The van der Waals surface area contributed by atoms with Gasteiger partial charge in [0.2, 0.25) is 11.8 Å². The molecule has 0 aromatic carbocycles. The molecule has 34 heavy (non-hydrogen) atoms. The molecule has 3 unspecified atom stereocenters. The number of unbranched alkanes of at least 4 members (excludes halogenated alkanes) is 12. The summed E-state index contributed by atoms with van der Waals surface area (Å²) in [4.78, 5) is 31.9. The Morgan fingerprint density at radius 1 is 0.912 bits per heavy atom. The molecule has 0 radical (unpaired) electrons. The fourth-order valence-electron chi connectivity index (χ4n) is 4.74. The molecular weight excluding hydrogens is 451 g/mol. The Hall–Kier alpha value is -0.460. The van der Waals surface area contributed by atoms with E-state index in [1.807, 2.05) is 21.1 Å². The fraction of sp³-hybridized carbons (Fsp3) is 0.962. The highest BCUT2D eigenvalue weighted by molar-refractivity contribution is 7.52. The Kier molecular flexibility index (Phi) is 15.9. The topological polar surface area (TPSA) is 95.9 Å². The highest BCUT2D eigenvalue weighted by Gasteiger charge is 2.40. The molecule has 1 amide bonds. The van der Waals surface area contributed by atoms with Gasteiger partial charge in [-0.25, -0.2) is 0 Å². The maximum atomic E-state index is 12.4. The summed E-state index contributed by atoms with van der Waals surface area (Å²) in [7, 11) is 1.27. The molecule has 1 rings (SSSR count). The van der Waals surface area contributed by atoms with E-state index in [9.17, 15) is 19.1 Å². The van der Waals surface area contributed by atoms with Crippen LogP contribution in [0.3, 0.4) is 0 Å². The summed E-state index contributed by atoms with van der Waals surface area (Å²) >= 11 is 0. The molecule has 1 aliphatic carbocycles. The van der Waals surface area contributed by atoms with Crippen LogP contribution in [0.2, 0.25) is 0 Å². The number of carbonyl (C=O) groups is 1. The summed E-state index contributed by atoms with van der Waals surface area (Å²) in [5.41, 5.74) is 0. The molecule has 0 spiro atoms. The molecule has 0 heterocycles. The van der Waals surface area contributed by atoms with E-state index in [1.165, 1.54) is 70.6 Å². The summed E-state index contributed by atoms with van der Waals surface area (Å²) in [5.74, 6) is -1.11. The van der Waals surface area contributed by atoms with E-state index >= 15 is 0 Å². The lowest BCUT2D eigenvalue weighted by atomic mass is 10.0. The number of quaternary nitrogens is 1. The van der Waals surface area contributed by atoms with Crippen LogP contribution in [0.15, 0.2) is 0 Å². The van der Waals surface area contributed by atoms with Crippen LogP contribution in [-0.2, 0) is 14.1 Å². The van der Waals surface area contributed by atoms with Crippen molar-refractivity contribution in [3.8, 4) is 0 Å². The highest BCUT2D eigenvalue weighted by Crippen LogP contribution is 2.44. The number of nitrogens with zero attached hydrogens (tertiary/aromatic N) is 1. The molecule has 1 fully saturated rings. The van der Waals surface area contributed by atoms with Crippen LogP contribution in [0.25, 0.3) is 0 Å². The third kappa shape index (κ3) is 15.5. The summed E-state index contributed by atoms with van der Waals surface area (Å²) in [5, 5.41) is 3.07. The minimum Gasteiger partial charge on any atom is -0.355 e. The molecule has 3 atom stereocenters. The van der Waals surface area contributed by atoms with Gasteiger partial charge in [-0.15, -0.1) is 0 Å². The van der Waals surface area contributed by atoms with Crippen LogP contribution < -0.4 is 5.32 Å². The second kappa shape index (κ2) is 17.1. The zero-order chi connectivity index (χ0) is 25.5. The molecule has 0 aromatic rings. The molecule has 3 N–H and O–H groups in total. The van der Waals surface area contributed by atoms with Crippen molar-refractivity contribution in [2.75, 3.05) is 27.7 Å². The number of hydrogen-bond donors (Lipinski definition) is 3. The second-order valence-electron chi connectivity index (χ2n) is 11.3. The highest BCUT2D eigenvalue weighted by atomic mass is 31.2. The van der Waals surface area contributed by atoms with Gasteiger partial charge >= 0.3 is 7.60 Å². The number of carbonyl (C=O) groups excluding carboxylic acids is 1. The lowest BCUT2D eigenvalue weighted by Crippen LogP contribution is -2.47. The summed E-state index contributed by atoms with van der Waals surface area (Å²) < 4.78 is 18.2. The third-order valence-electron chi connectivity index (χ3n) is 6.72. The van der Waals surface area contributed by atoms with Crippen LogP contribution in [0.4, 0.5) is 0 Å². The van der Waals surface area contributed by atoms with E-state index in [1.54, 1.807) is 0 Å². The molecule has 7 nitrogen and oxygen atoms in total. The van der Waals surface area contributed by atoms with E-state index in [0.717, 1.165) is 32.1 Å². The van der Waals surface area contributed by atoms with Gasteiger partial charge < -0.3 is 24.3 Å². The van der Waals surface area contributed by atoms with Gasteiger partial charge in [0, 0.05) is 6.42 Å². The molecule has 8 heteroatoms. The maximum Gasteiger partial charge on any atom is 0.359 e. The first-order valence-electron chi connectivity index (χ1n) is 13.8. The maximum absolute atomic E-state index is 12.4. The van der Waals surface area contributed by atoms with Gasteiger partial charge in [0.05, 0.1) is 33.3 Å². The molecule has 1 saturated carbocycles. The van der Waals surface area contributed by atoms with Gasteiger partial charge in [0.1, 0.15) is 6.54 Å². The van der Waals surface area contributed by atoms with Gasteiger partial charge in [-0.05, 0) is 25.7 Å². The van der Waals surface area contributed by atoms with Gasteiger partial charge in [-0.2, -0.15) is 0 Å². The monoisotopic (exact) mass is 505 g/mol. The predicted octanol–water partition coefficient (Wildman–Crippen LogP) is 5.73. The average molecular weight is 506 g/mol. The minimum absolute atomic E-state index is 0.0305. The molecular formula is C26H54N2O5P+. The smallest absolute Gasteiger partial charge is 0.355 e. The van der Waals surface area contributed by atoms with Crippen molar-refractivity contribution in [1.29, 1.82) is 0 Å². The Balaban J connectivity index is 2.17. The first-order valence-corrected chi connectivity index (χ1v) is 15.5. The first kappa shape index (κ1) is 31.6. The lowest BCUT2D eigenvalue weighted by Gasteiger charge is -2.32. The van der Waals surface area contributed by atoms with Gasteiger partial charge in [-0.1, -0.05) is 84.0 Å². The lowest BCUT2D eigenvalue weighted by molar-refractivity contribution is -0.872. The van der Waals surface area contributed by atoms with Crippen LogP contribution in [0, 0.1) is 0 Å². The number of rotatable bonds is 20. The first-order chi connectivity index (χ1) is 16.0. The van der Waals surface area contributed by atoms with Crippen LogP contribution in [-0.4, -0.2) is 65.9 Å². The zero-order valence-corrected chi connectivity index (χ0v) is 23.4. The van der Waals surface area contributed by atoms with Crippen LogP contribution in [0.5, 0.6) is 0 Å². The standard InChI is InChI=1S/C26H53N2O5P/c1-5-6-7-8-9-10-11-12-13-14-15-16-17-21-25(29)27-23-19-18-20-24(23)33-26(34(30,31)32)22-28(2,3)4/h23-24,26H,5-22H2,1-4H3,(H2-,27,29,30,31,32)/p+1. The number of ether oxygens (including phenoxy) is 1. The fourth-order valence-corrected chi connectivity index (χ4v) is 5.75. The van der Waals surface area contributed by atoms with Crippen LogP contribution in [0.1, 0.15) is 116 Å². The number of hydrogen-bond acceptors (Lipinski definition) is 3. The van der Waals surface area contributed by atoms with Crippen molar-refractivity contribution in [2.45, 2.75) is 134 Å². The Morgan fingerprint density at radius 3 is 1.88 bits per heavy atom. The summed E-state index contributed by atoms with van der Waals surface area (Å²) in [6, 6.07) is -0.156. The minimum atomic E-state index is -4.38. The largest absolute Gasteiger partial charge is 0.359 e. The van der Waals surface area contributed by atoms with Gasteiger partial charge in [0.15, 0.2) is 0 Å². The number of nitrogens with one attached hydrogen (secondary N) is 1. The average Bonchev–Trinajstić information content (AvgIpc) is 3.16. The normalized spacial score (nSPS) is 19.9. The second-order valence-corrected chi connectivity index (χ2v) is 13.0. The van der Waals surface area contributed by atoms with Crippen LogP contribution >= 0.6 is 7.60 Å². The van der Waals surface area contributed by atoms with Crippen molar-refractivity contribution >= 4 is 13.5 Å². The molecule has 0 aliphatic heterocycles. The van der Waals surface area contributed by atoms with E-state index in [4.69, 9.17) is 4.74 Å². The van der Waals surface area contributed by atoms with E-state index in [-0.39, 0.29) is 24.6 Å². The van der Waals surface area contributed by atoms with Gasteiger partial charge in [-0.3, -0.25) is 9.36 Å². The summed E-state index contributed by atoms with van der Waals surface area (Å²) in [6.45, 7) is 2.48. The zero-order valence-electron chi connectivity index (χ0n) is 22.5. The van der Waals surface area contributed by atoms with E-state index < -0.39 is 13.4 Å². The molecule has 1 aliphatic rings. The van der Waals surface area contributed by atoms with Crippen molar-refractivity contribution in [3.63, 3.8) is 0 Å². The van der Waals surface area contributed by atoms with Crippen molar-refractivity contribution in [3.05, 3.63) is 0 Å². The number of amides is 1. The van der Waals surface area contributed by atoms with Crippen molar-refractivity contribution in [1.82, 2.24) is 5.32 Å². The predicted molar refractivity (Wildman–Crippen MR) is 140 cm³/mol.